The van der Waals surface area contributed by atoms with Crippen LogP contribution in [0.1, 0.15) is 61.8 Å². The van der Waals surface area contributed by atoms with E-state index in [9.17, 15) is 10.0 Å². The van der Waals surface area contributed by atoms with Crippen molar-refractivity contribution in [3.63, 3.8) is 0 Å². The van der Waals surface area contributed by atoms with E-state index in [0.29, 0.717) is 32.7 Å². The van der Waals surface area contributed by atoms with E-state index in [0.717, 1.165) is 29.5 Å². The van der Waals surface area contributed by atoms with E-state index >= 15 is 0 Å². The lowest BCUT2D eigenvalue weighted by Gasteiger charge is -2.48. The molecule has 1 amide bonds. The van der Waals surface area contributed by atoms with E-state index in [1.807, 2.05) is 50.2 Å². The normalized spacial score (nSPS) is 21.5. The number of nitrogens with zero attached hydrogens (tertiary/aromatic N) is 2. The summed E-state index contributed by atoms with van der Waals surface area (Å²) in [6, 6.07) is 20.1. The Morgan fingerprint density at radius 2 is 1.86 bits per heavy atom. The van der Waals surface area contributed by atoms with Gasteiger partial charge in [0.25, 0.3) is 0 Å². The maximum Gasteiger partial charge on any atom is 0.250 e. The minimum Gasteiger partial charge on any atom is -0.633 e. The lowest BCUT2D eigenvalue weighted by atomic mass is 9.89. The standard InChI is InChI=1S/C29H39N3O4/c1-22(2)20-27(29(33)31-16-15-30)36-28(24-8-5-4-6-9-24)25-13-11-23(12-14-25)26-10-7-17-32(34,21-26)18-19-35-3/h4-6,8-9,11-14,22,26-28H,7,10,16-21H2,1-3H3,(H,31,33)/t26?,27-,28?,32-/m0/s1. The quantitative estimate of drug-likeness (QED) is 0.263. The highest BCUT2D eigenvalue weighted by Gasteiger charge is 2.30. The summed E-state index contributed by atoms with van der Waals surface area (Å²) in [7, 11) is 1.64. The van der Waals surface area contributed by atoms with E-state index in [4.69, 9.17) is 14.7 Å². The molecule has 3 rings (SSSR count). The molecule has 7 nitrogen and oxygen atoms in total. The second-order valence-corrected chi connectivity index (χ2v) is 10.1. The molecule has 2 unspecified atom stereocenters. The van der Waals surface area contributed by atoms with Crippen LogP contribution < -0.4 is 5.32 Å². The van der Waals surface area contributed by atoms with Gasteiger partial charge in [-0.1, -0.05) is 68.4 Å². The fraction of sp³-hybridized carbons (Fsp3) is 0.517. The molecule has 1 saturated heterocycles. The lowest BCUT2D eigenvalue weighted by molar-refractivity contribution is -0.887. The first kappa shape index (κ1) is 27.8. The Morgan fingerprint density at radius 3 is 2.50 bits per heavy atom. The van der Waals surface area contributed by atoms with Crippen LogP contribution in [-0.2, 0) is 14.3 Å². The number of hydrogen-bond donors (Lipinski definition) is 1. The van der Waals surface area contributed by atoms with Crippen LogP contribution in [0.2, 0.25) is 0 Å². The number of hydrogen-bond acceptors (Lipinski definition) is 5. The molecular formula is C29H39N3O4. The zero-order valence-electron chi connectivity index (χ0n) is 21.7. The number of nitriles is 1. The van der Waals surface area contributed by atoms with Gasteiger partial charge in [-0.2, -0.15) is 5.26 Å². The fourth-order valence-corrected chi connectivity index (χ4v) is 4.92. The molecule has 7 heteroatoms. The van der Waals surface area contributed by atoms with E-state index in [1.165, 1.54) is 0 Å². The van der Waals surface area contributed by atoms with Crippen molar-refractivity contribution in [3.05, 3.63) is 76.5 Å². The van der Waals surface area contributed by atoms with Crippen molar-refractivity contribution in [1.82, 2.24) is 5.32 Å². The van der Waals surface area contributed by atoms with Crippen molar-refractivity contribution in [3.8, 4) is 6.07 Å². The van der Waals surface area contributed by atoms with Gasteiger partial charge in [0.15, 0.2) is 0 Å². The summed E-state index contributed by atoms with van der Waals surface area (Å²) < 4.78 is 11.4. The second kappa shape index (κ2) is 13.5. The average Bonchev–Trinajstić information content (AvgIpc) is 2.89. The minimum atomic E-state index is -0.680. The van der Waals surface area contributed by atoms with Crippen LogP contribution in [0.15, 0.2) is 54.6 Å². The van der Waals surface area contributed by atoms with Gasteiger partial charge in [0.2, 0.25) is 5.91 Å². The van der Waals surface area contributed by atoms with Crippen LogP contribution >= 0.6 is 0 Å². The zero-order chi connectivity index (χ0) is 26.0. The van der Waals surface area contributed by atoms with Crippen molar-refractivity contribution in [2.45, 2.75) is 51.2 Å². The Labute approximate surface area is 215 Å². The number of amides is 1. The van der Waals surface area contributed by atoms with Gasteiger partial charge in [0.1, 0.15) is 25.3 Å². The smallest absolute Gasteiger partial charge is 0.250 e. The highest BCUT2D eigenvalue weighted by molar-refractivity contribution is 5.81. The van der Waals surface area contributed by atoms with Gasteiger partial charge in [0.05, 0.1) is 25.8 Å². The van der Waals surface area contributed by atoms with E-state index in [-0.39, 0.29) is 28.9 Å². The average molecular weight is 494 g/mol. The highest BCUT2D eigenvalue weighted by atomic mass is 16.6. The highest BCUT2D eigenvalue weighted by Crippen LogP contribution is 2.34. The summed E-state index contributed by atoms with van der Waals surface area (Å²) in [5.74, 6) is 0.186. The maximum atomic E-state index is 13.2. The van der Waals surface area contributed by atoms with Gasteiger partial charge in [-0.3, -0.25) is 4.79 Å². The number of benzene rings is 2. The number of hydroxylamine groups is 3. The summed E-state index contributed by atoms with van der Waals surface area (Å²) >= 11 is 0. The fourth-order valence-electron chi connectivity index (χ4n) is 4.92. The van der Waals surface area contributed by atoms with E-state index in [2.05, 4.69) is 29.6 Å². The predicted molar refractivity (Wildman–Crippen MR) is 140 cm³/mol. The molecule has 1 N–H and O–H groups in total. The molecule has 1 aliphatic rings. The molecule has 2 aromatic rings. The molecule has 0 saturated carbocycles. The summed E-state index contributed by atoms with van der Waals surface area (Å²) in [4.78, 5) is 12.8. The third kappa shape index (κ3) is 7.87. The number of methoxy groups -OCH3 is 1. The molecule has 194 valence electrons. The third-order valence-electron chi connectivity index (χ3n) is 6.81. The molecule has 2 aromatic carbocycles. The molecule has 0 bridgehead atoms. The zero-order valence-corrected chi connectivity index (χ0v) is 21.7. The Kier molecular flexibility index (Phi) is 10.4. The molecular weight excluding hydrogens is 454 g/mol. The first-order valence-electron chi connectivity index (χ1n) is 12.9. The lowest BCUT2D eigenvalue weighted by Crippen LogP contribution is -2.50. The summed E-state index contributed by atoms with van der Waals surface area (Å²) in [5.41, 5.74) is 3.07. The number of nitrogens with one attached hydrogen (secondary N) is 1. The third-order valence-corrected chi connectivity index (χ3v) is 6.81. The maximum absolute atomic E-state index is 13.2. The SMILES string of the molecule is COCC[N@@+]1([O-])CCCC(c2ccc(C(O[C@@H](CC(C)C)C(=O)NCC#N)c3ccccc3)cc2)C1. The monoisotopic (exact) mass is 493 g/mol. The van der Waals surface area contributed by atoms with Gasteiger partial charge >= 0.3 is 0 Å². The molecule has 0 radical (unpaired) electrons. The Bertz CT molecular complexity index is 990. The number of likely N-dealkylation sites (tertiary alicyclic amines) is 1. The largest absolute Gasteiger partial charge is 0.633 e. The van der Waals surface area contributed by atoms with Gasteiger partial charge in [-0.15, -0.1) is 0 Å². The van der Waals surface area contributed by atoms with Crippen molar-refractivity contribution < 1.29 is 18.9 Å². The van der Waals surface area contributed by atoms with Crippen molar-refractivity contribution in [1.29, 1.82) is 5.26 Å². The Morgan fingerprint density at radius 1 is 1.17 bits per heavy atom. The van der Waals surface area contributed by atoms with Gasteiger partial charge in [0, 0.05) is 13.0 Å². The topological polar surface area (TPSA) is 94.4 Å². The second-order valence-electron chi connectivity index (χ2n) is 10.1. The van der Waals surface area contributed by atoms with Crippen LogP contribution in [0.3, 0.4) is 0 Å². The summed E-state index contributed by atoms with van der Waals surface area (Å²) in [6.45, 7) is 6.22. The van der Waals surface area contributed by atoms with E-state index < -0.39 is 12.2 Å². The summed E-state index contributed by atoms with van der Waals surface area (Å²) in [5, 5.41) is 24.7. The van der Waals surface area contributed by atoms with Crippen LogP contribution in [0, 0.1) is 22.5 Å². The first-order valence-corrected chi connectivity index (χ1v) is 12.9. The minimum absolute atomic E-state index is 0.0486. The predicted octanol–water partition coefficient (Wildman–Crippen LogP) is 4.69. The van der Waals surface area contributed by atoms with Gasteiger partial charge < -0.3 is 24.6 Å². The van der Waals surface area contributed by atoms with E-state index in [1.54, 1.807) is 7.11 Å². The number of quaternary nitrogens is 1. The molecule has 4 atom stereocenters. The number of ether oxygens (including phenoxy) is 2. The molecule has 0 aliphatic carbocycles. The van der Waals surface area contributed by atoms with Crippen LogP contribution in [0.25, 0.3) is 0 Å². The van der Waals surface area contributed by atoms with Crippen LogP contribution in [0.5, 0.6) is 0 Å². The Hall–Kier alpha value is -2.76. The molecule has 36 heavy (non-hydrogen) atoms. The van der Waals surface area contributed by atoms with Gasteiger partial charge in [-0.05, 0) is 41.9 Å². The number of carbonyl (C=O) groups excluding carboxylic acids is 1. The molecule has 1 fully saturated rings. The Balaban J connectivity index is 1.83. The van der Waals surface area contributed by atoms with Crippen LogP contribution in [0.4, 0.5) is 0 Å². The van der Waals surface area contributed by atoms with Gasteiger partial charge in [-0.25, -0.2) is 0 Å². The number of piperidine rings is 1. The molecule has 0 spiro atoms. The number of rotatable bonds is 12. The molecule has 0 aromatic heterocycles. The first-order chi connectivity index (χ1) is 17.3. The number of carbonyl (C=O) groups is 1. The summed E-state index contributed by atoms with van der Waals surface area (Å²) in [6.07, 6.45) is 1.35. The van der Waals surface area contributed by atoms with Crippen molar-refractivity contribution >= 4 is 5.91 Å². The molecule has 1 heterocycles. The van der Waals surface area contributed by atoms with Crippen molar-refractivity contribution in [2.24, 2.45) is 5.92 Å². The van der Waals surface area contributed by atoms with Crippen LogP contribution in [-0.4, -0.2) is 56.6 Å². The van der Waals surface area contributed by atoms with Crippen molar-refractivity contribution in [2.75, 3.05) is 39.9 Å². The molecule has 1 aliphatic heterocycles.